The second kappa shape index (κ2) is 4.30. The zero-order valence-corrected chi connectivity index (χ0v) is 9.76. The molecule has 0 radical (unpaired) electrons. The lowest BCUT2D eigenvalue weighted by molar-refractivity contribution is -0.128. The van der Waals surface area contributed by atoms with E-state index >= 15 is 0 Å². The highest BCUT2D eigenvalue weighted by Gasteiger charge is 2.24. The van der Waals surface area contributed by atoms with Crippen LogP contribution in [0.25, 0.3) is 0 Å². The molecular weight excluding hydrogens is 176 g/mol. The van der Waals surface area contributed by atoms with E-state index in [4.69, 9.17) is 0 Å². The molecule has 3 heteroatoms. The summed E-state index contributed by atoms with van der Waals surface area (Å²) in [5.41, 5.74) is -0.259. The van der Waals surface area contributed by atoms with E-state index in [0.717, 1.165) is 19.6 Å². The number of nitrogens with zero attached hydrogens (tertiary/aromatic N) is 1. The molecule has 0 unspecified atom stereocenters. The van der Waals surface area contributed by atoms with E-state index in [2.05, 4.69) is 17.3 Å². The van der Waals surface area contributed by atoms with Gasteiger partial charge in [0.15, 0.2) is 0 Å². The van der Waals surface area contributed by atoms with Crippen LogP contribution < -0.4 is 5.32 Å². The van der Waals surface area contributed by atoms with Crippen molar-refractivity contribution in [3.63, 3.8) is 0 Å². The van der Waals surface area contributed by atoms with Crippen molar-refractivity contribution in [2.45, 2.75) is 27.2 Å². The Morgan fingerprint density at radius 2 is 2.14 bits per heavy atom. The van der Waals surface area contributed by atoms with Gasteiger partial charge >= 0.3 is 0 Å². The molecule has 1 rings (SSSR count). The summed E-state index contributed by atoms with van der Waals surface area (Å²) in [6, 6.07) is 0. The molecule has 1 N–H and O–H groups in total. The van der Waals surface area contributed by atoms with Gasteiger partial charge in [-0.3, -0.25) is 4.79 Å². The third kappa shape index (κ3) is 3.29. The van der Waals surface area contributed by atoms with Crippen LogP contribution in [0.2, 0.25) is 0 Å². The predicted octanol–water partition coefficient (Wildman–Crippen LogP) is 1.10. The SMILES string of the molecule is CN1CC[C@@H](CNC(=O)C(C)(C)C)C1. The van der Waals surface area contributed by atoms with Crippen LogP contribution in [0.5, 0.6) is 0 Å². The Bertz CT molecular complexity index is 208. The first-order valence-electron chi connectivity index (χ1n) is 5.36. The van der Waals surface area contributed by atoms with E-state index in [1.807, 2.05) is 20.8 Å². The van der Waals surface area contributed by atoms with Crippen LogP contribution in [0.3, 0.4) is 0 Å². The standard InChI is InChI=1S/C11H22N2O/c1-11(2,3)10(14)12-7-9-5-6-13(4)8-9/h9H,5-8H2,1-4H3,(H,12,14)/t9-/m0/s1. The van der Waals surface area contributed by atoms with E-state index in [0.29, 0.717) is 5.92 Å². The Hall–Kier alpha value is -0.570. The summed E-state index contributed by atoms with van der Waals surface area (Å²) in [6.45, 7) is 8.95. The number of carbonyl (C=O) groups excluding carboxylic acids is 1. The molecule has 1 heterocycles. The van der Waals surface area contributed by atoms with Crippen LogP contribution in [0.4, 0.5) is 0 Å². The first-order chi connectivity index (χ1) is 6.39. The van der Waals surface area contributed by atoms with Gasteiger partial charge in [-0.1, -0.05) is 20.8 Å². The van der Waals surface area contributed by atoms with Gasteiger partial charge in [-0.05, 0) is 25.9 Å². The maximum absolute atomic E-state index is 11.6. The highest BCUT2D eigenvalue weighted by Crippen LogP contribution is 2.15. The summed E-state index contributed by atoms with van der Waals surface area (Å²) in [5.74, 6) is 0.804. The lowest BCUT2D eigenvalue weighted by atomic mass is 9.95. The van der Waals surface area contributed by atoms with Crippen molar-refractivity contribution >= 4 is 5.91 Å². The molecule has 0 bridgehead atoms. The topological polar surface area (TPSA) is 32.3 Å². The molecule has 1 aliphatic heterocycles. The normalized spacial score (nSPS) is 23.9. The van der Waals surface area contributed by atoms with Crippen LogP contribution in [-0.2, 0) is 4.79 Å². The molecule has 14 heavy (non-hydrogen) atoms. The van der Waals surface area contributed by atoms with Gasteiger partial charge in [-0.25, -0.2) is 0 Å². The van der Waals surface area contributed by atoms with E-state index in [1.54, 1.807) is 0 Å². The second-order valence-electron chi connectivity index (χ2n) is 5.38. The van der Waals surface area contributed by atoms with Gasteiger partial charge < -0.3 is 10.2 Å². The Balaban J connectivity index is 2.24. The van der Waals surface area contributed by atoms with Crippen molar-refractivity contribution in [1.82, 2.24) is 10.2 Å². The van der Waals surface area contributed by atoms with E-state index in [-0.39, 0.29) is 11.3 Å². The molecule has 0 aromatic heterocycles. The summed E-state index contributed by atoms with van der Waals surface area (Å²) in [4.78, 5) is 13.9. The summed E-state index contributed by atoms with van der Waals surface area (Å²) in [7, 11) is 2.13. The molecule has 0 aliphatic carbocycles. The number of nitrogens with one attached hydrogen (secondary N) is 1. The fraction of sp³-hybridized carbons (Fsp3) is 0.909. The molecular formula is C11H22N2O. The third-order valence-electron chi connectivity index (χ3n) is 2.72. The average molecular weight is 198 g/mol. The van der Waals surface area contributed by atoms with Gasteiger partial charge in [0.2, 0.25) is 5.91 Å². The highest BCUT2D eigenvalue weighted by molar-refractivity contribution is 5.81. The average Bonchev–Trinajstić information content (AvgIpc) is 2.45. The van der Waals surface area contributed by atoms with Crippen molar-refractivity contribution < 1.29 is 4.79 Å². The van der Waals surface area contributed by atoms with Crippen molar-refractivity contribution in [2.24, 2.45) is 11.3 Å². The van der Waals surface area contributed by atoms with Gasteiger partial charge in [0.1, 0.15) is 0 Å². The molecule has 1 saturated heterocycles. The zero-order valence-electron chi connectivity index (χ0n) is 9.76. The molecule has 3 nitrogen and oxygen atoms in total. The number of hydrogen-bond acceptors (Lipinski definition) is 2. The molecule has 1 aliphatic rings. The van der Waals surface area contributed by atoms with Crippen LogP contribution in [0.1, 0.15) is 27.2 Å². The van der Waals surface area contributed by atoms with Gasteiger partial charge in [-0.15, -0.1) is 0 Å². The summed E-state index contributed by atoms with van der Waals surface area (Å²) in [6.07, 6.45) is 1.21. The number of amides is 1. The minimum atomic E-state index is -0.259. The van der Waals surface area contributed by atoms with Crippen molar-refractivity contribution in [3.8, 4) is 0 Å². The first kappa shape index (κ1) is 11.5. The molecule has 1 fully saturated rings. The van der Waals surface area contributed by atoms with Crippen LogP contribution in [0.15, 0.2) is 0 Å². The summed E-state index contributed by atoms with van der Waals surface area (Å²) >= 11 is 0. The Labute approximate surface area is 86.9 Å². The lowest BCUT2D eigenvalue weighted by Crippen LogP contribution is -2.38. The van der Waals surface area contributed by atoms with Crippen LogP contribution >= 0.6 is 0 Å². The minimum Gasteiger partial charge on any atom is -0.355 e. The molecule has 1 amide bonds. The van der Waals surface area contributed by atoms with Gasteiger partial charge in [0.05, 0.1) is 0 Å². The number of carbonyl (C=O) groups is 1. The quantitative estimate of drug-likeness (QED) is 0.720. The molecule has 0 spiro atoms. The fourth-order valence-electron chi connectivity index (χ4n) is 1.70. The second-order valence-corrected chi connectivity index (χ2v) is 5.38. The largest absolute Gasteiger partial charge is 0.355 e. The van der Waals surface area contributed by atoms with Crippen LogP contribution in [0, 0.1) is 11.3 Å². The van der Waals surface area contributed by atoms with Gasteiger partial charge in [0, 0.05) is 18.5 Å². The summed E-state index contributed by atoms with van der Waals surface area (Å²) in [5, 5.41) is 3.02. The number of rotatable bonds is 2. The van der Waals surface area contributed by atoms with Gasteiger partial charge in [0.25, 0.3) is 0 Å². The summed E-state index contributed by atoms with van der Waals surface area (Å²) < 4.78 is 0. The van der Waals surface area contributed by atoms with Crippen molar-refractivity contribution in [3.05, 3.63) is 0 Å². The van der Waals surface area contributed by atoms with Gasteiger partial charge in [-0.2, -0.15) is 0 Å². The maximum atomic E-state index is 11.6. The fourth-order valence-corrected chi connectivity index (χ4v) is 1.70. The van der Waals surface area contributed by atoms with Crippen molar-refractivity contribution in [1.29, 1.82) is 0 Å². The minimum absolute atomic E-state index is 0.159. The predicted molar refractivity (Wildman–Crippen MR) is 58.1 cm³/mol. The first-order valence-corrected chi connectivity index (χ1v) is 5.36. The third-order valence-corrected chi connectivity index (χ3v) is 2.72. The smallest absolute Gasteiger partial charge is 0.225 e. The molecule has 1 atom stereocenters. The molecule has 0 saturated carbocycles. The Morgan fingerprint density at radius 3 is 2.57 bits per heavy atom. The van der Waals surface area contributed by atoms with E-state index < -0.39 is 0 Å². The van der Waals surface area contributed by atoms with Crippen molar-refractivity contribution in [2.75, 3.05) is 26.7 Å². The van der Waals surface area contributed by atoms with E-state index in [9.17, 15) is 4.79 Å². The van der Waals surface area contributed by atoms with Crippen LogP contribution in [-0.4, -0.2) is 37.5 Å². The Morgan fingerprint density at radius 1 is 1.50 bits per heavy atom. The lowest BCUT2D eigenvalue weighted by Gasteiger charge is -2.19. The maximum Gasteiger partial charge on any atom is 0.225 e. The molecule has 82 valence electrons. The number of hydrogen-bond donors (Lipinski definition) is 1. The highest BCUT2D eigenvalue weighted by atomic mass is 16.2. The Kier molecular flexibility index (Phi) is 3.53. The molecule has 0 aromatic rings. The zero-order chi connectivity index (χ0) is 10.8. The molecule has 0 aromatic carbocycles. The monoisotopic (exact) mass is 198 g/mol. The number of likely N-dealkylation sites (tertiary alicyclic amines) is 1. The van der Waals surface area contributed by atoms with E-state index in [1.165, 1.54) is 6.42 Å².